The number of amides is 6. The summed E-state index contributed by atoms with van der Waals surface area (Å²) in [6, 6.07) is 31.7. The van der Waals surface area contributed by atoms with E-state index in [-0.39, 0.29) is 92.6 Å². The monoisotopic (exact) mass is 1590 g/mol. The molecule has 0 spiro atoms. The third-order valence-electron chi connectivity index (χ3n) is 17.4. The van der Waals surface area contributed by atoms with Crippen molar-refractivity contribution >= 4 is 67.3 Å². The number of ether oxygens (including phenoxy) is 2. The zero-order valence-electron chi connectivity index (χ0n) is 72.6. The molecule has 6 N–H and O–H groups in total. The number of azide groups is 2. The molecule has 0 radical (unpaired) electrons. The average molecular weight is 1600 g/mol. The number of fused-ring (bicyclic) bond motifs is 6. The first-order chi connectivity index (χ1) is 52.1. The summed E-state index contributed by atoms with van der Waals surface area (Å²) in [5.41, 5.74) is 22.9. The van der Waals surface area contributed by atoms with E-state index in [1.165, 1.54) is 35.6 Å². The van der Waals surface area contributed by atoms with Crippen LogP contribution in [0.3, 0.4) is 0 Å². The maximum Gasteiger partial charge on any atom is 0.336 e. The van der Waals surface area contributed by atoms with Gasteiger partial charge in [0.1, 0.15) is 5.60 Å². The lowest BCUT2D eigenvalue weighted by Crippen LogP contribution is -2.42. The molecule has 13 rings (SSSR count). The number of nitrogens with zero attached hydrogens (tertiary/aromatic N) is 8. The lowest BCUT2D eigenvalue weighted by molar-refractivity contribution is -0.0615. The summed E-state index contributed by atoms with van der Waals surface area (Å²) in [4.78, 5) is 49.2. The Kier molecular flexibility index (Phi) is 36.7. The maximum absolute atomic E-state index is 11.4. The van der Waals surface area contributed by atoms with E-state index >= 15 is 0 Å². The van der Waals surface area contributed by atoms with E-state index < -0.39 is 26.3 Å². The van der Waals surface area contributed by atoms with Crippen molar-refractivity contribution in [3.63, 3.8) is 0 Å². The van der Waals surface area contributed by atoms with Crippen LogP contribution < -0.4 is 42.3 Å². The number of sulfone groups is 1. The second kappa shape index (κ2) is 42.3. The predicted octanol–water partition coefficient (Wildman–Crippen LogP) is 21.1. The van der Waals surface area contributed by atoms with E-state index in [1.807, 2.05) is 136 Å². The fourth-order valence-electron chi connectivity index (χ4n) is 11.1. The molecule has 7 aliphatic rings. The van der Waals surface area contributed by atoms with Gasteiger partial charge in [-0.05, 0) is 152 Å². The molecule has 26 heteroatoms. The van der Waals surface area contributed by atoms with Gasteiger partial charge < -0.3 is 50.2 Å². The highest BCUT2D eigenvalue weighted by atomic mass is 32.2. The van der Waals surface area contributed by atoms with Crippen LogP contribution in [0.25, 0.3) is 42.8 Å². The summed E-state index contributed by atoms with van der Waals surface area (Å²) in [7, 11) is -2.98. The standard InChI is InChI=1S/C20H20O.C15H14O4.C10H13N3.C8H16N2O.C6H10N2O3S.C6H10N2OS.C6H12N2.C6H10.C4H9N3.2C3H8/c1-20(2,3)21-19-14-17-10-5-4-8-15(17)12-13-16-9-6-7-11-18(16)19;1-15(2,3)19-14-12-10(6-7-17-12)8-9-4-5-11(16)18-13(9)14;1-10(2,3)8-4-6-9(7-5-8)12-13-11;1-5-6(8(2,3)4)10-7(11)9-5;1-3-5-4(2-12(3,10)11)7-6(9)8-5;1-3-5-4(2-10-3)7-6(9)8-5;1-5(2,3)6(4)7-8-6;1-5-6(2,3)4;1-4(2,3)6-7-5;2*1-3-2/h4-11,19H,14H2,1-3H3;4-8H,1-3H3;4-7H,1-3H3;5-6H,1-4H3,(H2,9,10,11);3-5H,2H2,1H3,(H2,7,8,9);3-5H,2H2,1H3,(H2,7,8,9);1-4H3;1H,2-4H3;1-3H3;2*3H2,1-2H3/t;;;;2*3-,4-,5+;;;;;/m....00...../s1. The number of hydrogen-bond acceptors (Lipinski definition) is 15. The molecule has 6 aromatic rings. The molecule has 8 heterocycles. The Labute approximate surface area is 677 Å². The Morgan fingerprint density at radius 2 is 1.18 bits per heavy atom. The SMILES string of the molecule is C#CC(C)(C)C.CC(C)(C)C1(C)N=N1.CC(C)(C)N=[N+]=[N-].CC(C)(C)OC1Cc2ccccc2C#Cc2ccccc21.CC(C)(C)Oc1c2occc2cc2ccc(=O)oc12.CC(C)(C)c1ccc(N=[N+]=[N-])cc1.CC1NC(=O)NC1C(C)(C)C.CCC.CCC.C[C@@H]1SC[C@@H]2NC(=O)N[C@@H]21.C[C@H]1[C@H]2NC(=O)N[C@H]2CS1(=O)=O. The van der Waals surface area contributed by atoms with Gasteiger partial charge >= 0.3 is 23.7 Å². The lowest BCUT2D eigenvalue weighted by atomic mass is 9.84. The molecular weight excluding hydrogens is 1470 g/mol. The summed E-state index contributed by atoms with van der Waals surface area (Å²) in [5, 5.41) is 33.3. The minimum Gasteiger partial charge on any atom is -0.481 e. The van der Waals surface area contributed by atoms with E-state index in [4.69, 9.17) is 35.8 Å². The Hall–Kier alpha value is -9.16. The third kappa shape index (κ3) is 33.4. The predicted molar refractivity (Wildman–Crippen MR) is 463 cm³/mol. The zero-order valence-corrected chi connectivity index (χ0v) is 74.2. The maximum atomic E-state index is 11.4. The van der Waals surface area contributed by atoms with E-state index in [9.17, 15) is 27.6 Å². The second-order valence-corrected chi connectivity index (χ2v) is 39.6. The molecule has 6 amide bonds. The molecule has 5 saturated heterocycles. The van der Waals surface area contributed by atoms with Crippen molar-refractivity contribution in [2.75, 3.05) is 11.5 Å². The van der Waals surface area contributed by atoms with Gasteiger partial charge in [0.2, 0.25) is 5.75 Å². The van der Waals surface area contributed by atoms with E-state index in [0.29, 0.717) is 39.9 Å². The Morgan fingerprint density at radius 3 is 1.62 bits per heavy atom. The topological polar surface area (TPSA) is 342 Å². The lowest BCUT2D eigenvalue weighted by Gasteiger charge is -2.29. The number of carbonyl (C=O) groups excluding carboxylic acids is 3. The number of terminal acetylenes is 1. The van der Waals surface area contributed by atoms with Gasteiger partial charge in [-0.3, -0.25) is 0 Å². The Bertz CT molecular complexity index is 4500. The van der Waals surface area contributed by atoms with Gasteiger partial charge in [-0.2, -0.15) is 22.0 Å². The molecular formula is C87H130N14O10S2. The molecule has 5 fully saturated rings. The number of benzene rings is 4. The summed E-state index contributed by atoms with van der Waals surface area (Å²) >= 11 is 1.91. The number of carbonyl (C=O) groups is 3. The second-order valence-electron chi connectivity index (χ2n) is 35.8. The molecule has 2 aromatic heterocycles. The van der Waals surface area contributed by atoms with Gasteiger partial charge in [0, 0.05) is 83.3 Å². The first kappa shape index (κ1) is 98.0. The van der Waals surface area contributed by atoms with Crippen LogP contribution in [0.15, 0.2) is 137 Å². The number of thioether (sulfide) groups is 1. The molecule has 6 aliphatic heterocycles. The summed E-state index contributed by atoms with van der Waals surface area (Å²) in [6.45, 7) is 59.3. The first-order valence-electron chi connectivity index (χ1n) is 38.8. The van der Waals surface area contributed by atoms with Gasteiger partial charge in [0.05, 0.1) is 59.2 Å². The van der Waals surface area contributed by atoms with Gasteiger partial charge in [-0.25, -0.2) is 27.6 Å². The minimum atomic E-state index is -2.98. The van der Waals surface area contributed by atoms with Crippen LogP contribution in [0, 0.1) is 40.4 Å². The molecule has 620 valence electrons. The van der Waals surface area contributed by atoms with Crippen molar-refractivity contribution in [3.05, 3.63) is 162 Å². The van der Waals surface area contributed by atoms with Crippen LogP contribution in [-0.4, -0.2) is 107 Å². The van der Waals surface area contributed by atoms with Crippen LogP contribution in [0.1, 0.15) is 248 Å². The third-order valence-corrected chi connectivity index (χ3v) is 21.1. The highest BCUT2D eigenvalue weighted by Gasteiger charge is 2.50. The highest BCUT2D eigenvalue weighted by Crippen LogP contribution is 2.44. The Morgan fingerprint density at radius 1 is 0.655 bits per heavy atom. The summed E-state index contributed by atoms with van der Waals surface area (Å²) in [5.74, 6) is 10.8. The molecule has 4 aromatic carbocycles. The van der Waals surface area contributed by atoms with Crippen LogP contribution in [0.5, 0.6) is 5.75 Å². The zero-order chi connectivity index (χ0) is 86.1. The number of hydrogen-bond donors (Lipinski definition) is 6. The summed E-state index contributed by atoms with van der Waals surface area (Å²) in [6.07, 6.45) is 10.0. The van der Waals surface area contributed by atoms with Gasteiger partial charge in [-0.15, -0.1) is 12.3 Å². The van der Waals surface area contributed by atoms with Crippen LogP contribution in [0.4, 0.5) is 20.1 Å². The minimum absolute atomic E-state index is 0.00199. The van der Waals surface area contributed by atoms with E-state index in [1.54, 1.807) is 19.3 Å². The van der Waals surface area contributed by atoms with Gasteiger partial charge in [0.15, 0.2) is 26.7 Å². The molecule has 1 aliphatic carbocycles. The van der Waals surface area contributed by atoms with E-state index in [2.05, 4.69) is 234 Å². The smallest absolute Gasteiger partial charge is 0.336 e. The van der Waals surface area contributed by atoms with Crippen molar-refractivity contribution in [2.45, 2.75) is 301 Å². The van der Waals surface area contributed by atoms with Gasteiger partial charge in [-0.1, -0.05) is 213 Å². The fraction of sp³-hybridized carbons (Fsp3) is 0.586. The first-order valence-corrected chi connectivity index (χ1v) is 41.5. The molecule has 3 unspecified atom stereocenters. The van der Waals surface area contributed by atoms with Crippen molar-refractivity contribution in [2.24, 2.45) is 36.7 Å². The molecule has 0 saturated carbocycles. The average Bonchev–Trinajstić information content (AvgIpc) is 1.70. The number of rotatable bonds is 3. The van der Waals surface area contributed by atoms with E-state index in [0.717, 1.165) is 34.1 Å². The van der Waals surface area contributed by atoms with Crippen LogP contribution in [-0.2, 0) is 26.4 Å². The molecule has 9 atom stereocenters. The molecule has 24 nitrogen and oxygen atoms in total. The quantitative estimate of drug-likeness (QED) is 0.0241. The van der Waals surface area contributed by atoms with Crippen molar-refractivity contribution in [1.29, 1.82) is 0 Å². The largest absolute Gasteiger partial charge is 0.481 e. The van der Waals surface area contributed by atoms with Crippen LogP contribution in [0.2, 0.25) is 0 Å². The fourth-order valence-corrected chi connectivity index (χ4v) is 14.2. The number of nitrogens with one attached hydrogen (secondary N) is 6. The summed E-state index contributed by atoms with van der Waals surface area (Å²) < 4.78 is 45.6. The number of urea groups is 3. The molecule has 113 heavy (non-hydrogen) atoms. The normalized spacial score (nSPS) is 21.2. The van der Waals surface area contributed by atoms with Gasteiger partial charge in [0.25, 0.3) is 0 Å². The number of furan rings is 1. The van der Waals surface area contributed by atoms with Crippen LogP contribution >= 0.6 is 11.8 Å². The highest BCUT2D eigenvalue weighted by molar-refractivity contribution is 8.00. The van der Waals surface area contributed by atoms with Crippen molar-refractivity contribution in [1.82, 2.24) is 31.9 Å². The van der Waals surface area contributed by atoms with Crippen molar-refractivity contribution < 1.29 is 41.1 Å². The molecule has 0 bridgehead atoms. The Balaban J connectivity index is 0.000000334. The van der Waals surface area contributed by atoms with Crippen molar-refractivity contribution in [3.8, 4) is 29.9 Å².